The molecule has 5 nitrogen and oxygen atoms in total. The lowest BCUT2D eigenvalue weighted by Crippen LogP contribution is -2.48. The second kappa shape index (κ2) is 6.42. The largest absolute Gasteiger partial charge is 0.405 e. The standard InChI is InChI=1S/C17H18F3N3O2/c1-22-9-12(11-5-2-3-6-13(11)22)16(25)23-8-4-7-14(23)15(24)21-10-17(18,19)20/h2-3,5-6,9,14H,4,7-8,10H2,1H3,(H,21,24). The molecule has 3 rings (SSSR count). The summed E-state index contributed by atoms with van der Waals surface area (Å²) in [6.45, 7) is -1.04. The zero-order valence-corrected chi connectivity index (χ0v) is 13.6. The second-order valence-electron chi connectivity index (χ2n) is 6.16. The van der Waals surface area contributed by atoms with Gasteiger partial charge >= 0.3 is 6.18 Å². The second-order valence-corrected chi connectivity index (χ2v) is 6.16. The number of alkyl halides is 3. The van der Waals surface area contributed by atoms with Gasteiger partial charge in [-0.25, -0.2) is 0 Å². The van der Waals surface area contributed by atoms with E-state index in [1.54, 1.807) is 6.20 Å². The van der Waals surface area contributed by atoms with Crippen LogP contribution >= 0.6 is 0 Å². The summed E-state index contributed by atoms with van der Waals surface area (Å²) >= 11 is 0. The highest BCUT2D eigenvalue weighted by molar-refractivity contribution is 6.08. The number of carbonyl (C=O) groups is 2. The van der Waals surface area contributed by atoms with E-state index in [0.717, 1.165) is 10.9 Å². The normalized spacial score (nSPS) is 17.9. The zero-order valence-electron chi connectivity index (χ0n) is 13.6. The van der Waals surface area contributed by atoms with E-state index >= 15 is 0 Å². The number of amides is 2. The number of hydrogen-bond donors (Lipinski definition) is 1. The number of aryl methyl sites for hydroxylation is 1. The molecule has 1 unspecified atom stereocenters. The number of nitrogens with zero attached hydrogens (tertiary/aromatic N) is 2. The monoisotopic (exact) mass is 353 g/mol. The summed E-state index contributed by atoms with van der Waals surface area (Å²) in [6, 6.07) is 6.51. The number of nitrogens with one attached hydrogen (secondary N) is 1. The van der Waals surface area contributed by atoms with Crippen molar-refractivity contribution in [3.05, 3.63) is 36.0 Å². The predicted molar refractivity (Wildman–Crippen MR) is 86.0 cm³/mol. The van der Waals surface area contributed by atoms with Crippen molar-refractivity contribution in [3.8, 4) is 0 Å². The highest BCUT2D eigenvalue weighted by atomic mass is 19.4. The lowest BCUT2D eigenvalue weighted by atomic mass is 10.1. The summed E-state index contributed by atoms with van der Waals surface area (Å²) in [5, 5.41) is 2.64. The van der Waals surface area contributed by atoms with Gasteiger partial charge in [0.2, 0.25) is 5.91 Å². The van der Waals surface area contributed by atoms with Crippen LogP contribution in [0.3, 0.4) is 0 Å². The smallest absolute Gasteiger partial charge is 0.350 e. The summed E-state index contributed by atoms with van der Waals surface area (Å²) < 4.78 is 38.7. The topological polar surface area (TPSA) is 54.3 Å². The minimum Gasteiger partial charge on any atom is -0.350 e. The van der Waals surface area contributed by atoms with Crippen molar-refractivity contribution in [2.75, 3.05) is 13.1 Å². The van der Waals surface area contributed by atoms with Crippen LogP contribution in [0.1, 0.15) is 23.2 Å². The van der Waals surface area contributed by atoms with Crippen molar-refractivity contribution in [2.45, 2.75) is 25.1 Å². The van der Waals surface area contributed by atoms with E-state index in [-0.39, 0.29) is 5.91 Å². The number of para-hydroxylation sites is 1. The molecular formula is C17H18F3N3O2. The van der Waals surface area contributed by atoms with Crippen LogP contribution in [0, 0.1) is 0 Å². The molecule has 1 aliphatic rings. The number of benzene rings is 1. The van der Waals surface area contributed by atoms with Gasteiger partial charge in [-0.1, -0.05) is 18.2 Å². The molecular weight excluding hydrogens is 335 g/mol. The van der Waals surface area contributed by atoms with E-state index in [0.29, 0.717) is 24.9 Å². The Morgan fingerprint density at radius 1 is 1.28 bits per heavy atom. The maximum atomic E-state index is 12.9. The van der Waals surface area contributed by atoms with Crippen molar-refractivity contribution < 1.29 is 22.8 Å². The summed E-state index contributed by atoms with van der Waals surface area (Å²) in [4.78, 5) is 26.4. The van der Waals surface area contributed by atoms with Crippen molar-refractivity contribution in [1.29, 1.82) is 0 Å². The average molecular weight is 353 g/mol. The molecule has 2 amide bonds. The Kier molecular flexibility index (Phi) is 4.45. The van der Waals surface area contributed by atoms with Crippen LogP contribution in [0.2, 0.25) is 0 Å². The number of halogens is 3. The molecule has 1 aromatic carbocycles. The number of carbonyl (C=O) groups excluding carboxylic acids is 2. The molecule has 1 aromatic heterocycles. The first-order valence-corrected chi connectivity index (χ1v) is 7.97. The van der Waals surface area contributed by atoms with Crippen molar-refractivity contribution in [1.82, 2.24) is 14.8 Å². The van der Waals surface area contributed by atoms with Gasteiger partial charge in [-0.3, -0.25) is 9.59 Å². The van der Waals surface area contributed by atoms with Crippen molar-refractivity contribution >= 4 is 22.7 Å². The molecule has 0 radical (unpaired) electrons. The fourth-order valence-corrected chi connectivity index (χ4v) is 3.25. The first kappa shape index (κ1) is 17.3. The third-order valence-corrected chi connectivity index (χ3v) is 4.41. The van der Waals surface area contributed by atoms with Gasteiger partial charge in [-0.2, -0.15) is 13.2 Å². The highest BCUT2D eigenvalue weighted by Gasteiger charge is 2.37. The van der Waals surface area contributed by atoms with Crippen LogP contribution in [0.4, 0.5) is 13.2 Å². The summed E-state index contributed by atoms with van der Waals surface area (Å²) in [5.41, 5.74) is 1.33. The number of fused-ring (bicyclic) bond motifs is 1. The fraction of sp³-hybridized carbons (Fsp3) is 0.412. The Labute approximate surface area is 142 Å². The third-order valence-electron chi connectivity index (χ3n) is 4.41. The Hall–Kier alpha value is -2.51. The molecule has 134 valence electrons. The molecule has 0 spiro atoms. The van der Waals surface area contributed by atoms with Gasteiger partial charge < -0.3 is 14.8 Å². The van der Waals surface area contributed by atoms with Crippen LogP contribution in [-0.2, 0) is 11.8 Å². The van der Waals surface area contributed by atoms with E-state index in [9.17, 15) is 22.8 Å². The number of hydrogen-bond acceptors (Lipinski definition) is 2. The van der Waals surface area contributed by atoms with Gasteiger partial charge in [-0.15, -0.1) is 0 Å². The summed E-state index contributed by atoms with van der Waals surface area (Å²) in [7, 11) is 1.82. The molecule has 2 aromatic rings. The van der Waals surface area contributed by atoms with Crippen LogP contribution in [-0.4, -0.2) is 46.6 Å². The lowest BCUT2D eigenvalue weighted by molar-refractivity contribution is -0.140. The molecule has 2 heterocycles. The lowest BCUT2D eigenvalue weighted by Gasteiger charge is -2.24. The molecule has 25 heavy (non-hydrogen) atoms. The average Bonchev–Trinajstić information content (AvgIpc) is 3.17. The molecule has 1 fully saturated rings. The predicted octanol–water partition coefficient (Wildman–Crippen LogP) is 2.46. The minimum absolute atomic E-state index is 0.332. The van der Waals surface area contributed by atoms with Crippen LogP contribution in [0.25, 0.3) is 10.9 Å². The zero-order chi connectivity index (χ0) is 18.2. The first-order chi connectivity index (χ1) is 11.8. The van der Waals surface area contributed by atoms with Crippen LogP contribution < -0.4 is 5.32 Å². The molecule has 1 N–H and O–H groups in total. The van der Waals surface area contributed by atoms with Gasteiger partial charge in [0.05, 0.1) is 5.56 Å². The molecule has 0 saturated carbocycles. The molecule has 1 aliphatic heterocycles. The first-order valence-electron chi connectivity index (χ1n) is 7.97. The van der Waals surface area contributed by atoms with Gasteiger partial charge in [0.25, 0.3) is 5.91 Å². The Bertz CT molecular complexity index is 813. The molecule has 0 aliphatic carbocycles. The maximum absolute atomic E-state index is 12.9. The van der Waals surface area contributed by atoms with Gasteiger partial charge in [0, 0.05) is 30.7 Å². The Balaban J connectivity index is 1.82. The highest BCUT2D eigenvalue weighted by Crippen LogP contribution is 2.26. The molecule has 1 saturated heterocycles. The quantitative estimate of drug-likeness (QED) is 0.922. The van der Waals surface area contributed by atoms with E-state index in [4.69, 9.17) is 0 Å². The number of aromatic nitrogens is 1. The Morgan fingerprint density at radius 2 is 2.00 bits per heavy atom. The Morgan fingerprint density at radius 3 is 2.72 bits per heavy atom. The van der Waals surface area contributed by atoms with Gasteiger partial charge in [-0.05, 0) is 18.9 Å². The van der Waals surface area contributed by atoms with E-state index in [1.165, 1.54) is 4.90 Å². The van der Waals surface area contributed by atoms with Gasteiger partial charge in [0.15, 0.2) is 0 Å². The number of likely N-dealkylation sites (tertiary alicyclic amines) is 1. The molecule has 1 atom stereocenters. The van der Waals surface area contributed by atoms with Crippen molar-refractivity contribution in [3.63, 3.8) is 0 Å². The maximum Gasteiger partial charge on any atom is 0.405 e. The van der Waals surface area contributed by atoms with Crippen LogP contribution in [0.15, 0.2) is 30.5 Å². The summed E-state index contributed by atoms with van der Waals surface area (Å²) in [6.07, 6.45) is -1.84. The minimum atomic E-state index is -4.47. The summed E-state index contributed by atoms with van der Waals surface area (Å²) in [5.74, 6) is -1.09. The van der Waals surface area contributed by atoms with E-state index in [1.807, 2.05) is 41.2 Å². The van der Waals surface area contributed by atoms with Gasteiger partial charge in [0.1, 0.15) is 12.6 Å². The van der Waals surface area contributed by atoms with Crippen molar-refractivity contribution in [2.24, 2.45) is 7.05 Å². The van der Waals surface area contributed by atoms with E-state index < -0.39 is 24.7 Å². The molecule has 8 heteroatoms. The molecule has 0 bridgehead atoms. The SMILES string of the molecule is Cn1cc(C(=O)N2CCCC2C(=O)NCC(F)(F)F)c2ccccc21. The third kappa shape index (κ3) is 3.47. The fourth-order valence-electron chi connectivity index (χ4n) is 3.25. The van der Waals surface area contributed by atoms with Crippen LogP contribution in [0.5, 0.6) is 0 Å². The van der Waals surface area contributed by atoms with E-state index in [2.05, 4.69) is 0 Å². The number of rotatable bonds is 3.